The Morgan fingerprint density at radius 1 is 1.69 bits per heavy atom. The number of carbonyl (C=O) groups is 1. The van der Waals surface area contributed by atoms with Crippen molar-refractivity contribution in [1.29, 1.82) is 0 Å². The van der Waals surface area contributed by atoms with Gasteiger partial charge < -0.3 is 9.40 Å². The lowest BCUT2D eigenvalue weighted by Gasteiger charge is -1.95. The van der Waals surface area contributed by atoms with E-state index in [0.717, 1.165) is 0 Å². The summed E-state index contributed by atoms with van der Waals surface area (Å²) in [5.74, 6) is 0.209. The van der Waals surface area contributed by atoms with Crippen LogP contribution in [0.2, 0.25) is 0 Å². The Kier molecular flexibility index (Phi) is 2.81. The molecule has 0 unspecified atom stereocenters. The molecule has 0 aromatic carbocycles. The van der Waals surface area contributed by atoms with Crippen LogP contribution in [0.3, 0.4) is 0 Å². The van der Waals surface area contributed by atoms with E-state index in [2.05, 4.69) is 20.5 Å². The lowest BCUT2D eigenvalue weighted by molar-refractivity contribution is 0.0950. The second-order valence-corrected chi connectivity index (χ2v) is 3.09. The zero-order chi connectivity index (χ0) is 11.4. The molecule has 82 valence electrons. The van der Waals surface area contributed by atoms with Crippen molar-refractivity contribution >= 4 is 12.1 Å². The van der Waals surface area contributed by atoms with Crippen LogP contribution in [0.15, 0.2) is 34.2 Å². The number of H-pyrrole nitrogens is 1. The quantitative estimate of drug-likeness (QED) is 0.597. The molecule has 0 bridgehead atoms. The third kappa shape index (κ3) is 2.17. The summed E-state index contributed by atoms with van der Waals surface area (Å²) in [5.41, 5.74) is 3.38. The van der Waals surface area contributed by atoms with Gasteiger partial charge in [-0.05, 0) is 19.1 Å². The smallest absolute Gasteiger partial charge is 0.291 e. The van der Waals surface area contributed by atoms with Crippen LogP contribution in [0.1, 0.15) is 21.9 Å². The van der Waals surface area contributed by atoms with E-state index in [4.69, 9.17) is 4.42 Å². The highest BCUT2D eigenvalue weighted by Crippen LogP contribution is 1.99. The minimum Gasteiger partial charge on any atom is -0.463 e. The topological polar surface area (TPSA) is 83.3 Å². The van der Waals surface area contributed by atoms with Gasteiger partial charge in [0.05, 0.1) is 18.8 Å². The van der Waals surface area contributed by atoms with Crippen LogP contribution in [-0.4, -0.2) is 22.1 Å². The van der Waals surface area contributed by atoms with Crippen molar-refractivity contribution in [3.63, 3.8) is 0 Å². The number of aromatic nitrogens is 2. The molecule has 0 aliphatic carbocycles. The van der Waals surface area contributed by atoms with Gasteiger partial charge >= 0.3 is 0 Å². The van der Waals surface area contributed by atoms with Gasteiger partial charge in [0.1, 0.15) is 5.76 Å². The summed E-state index contributed by atoms with van der Waals surface area (Å²) >= 11 is 0. The van der Waals surface area contributed by atoms with Crippen LogP contribution >= 0.6 is 0 Å². The van der Waals surface area contributed by atoms with Gasteiger partial charge in [0.25, 0.3) is 5.91 Å². The number of nitrogens with one attached hydrogen (secondary N) is 2. The van der Waals surface area contributed by atoms with Gasteiger partial charge in [-0.2, -0.15) is 5.10 Å². The summed E-state index contributed by atoms with van der Waals surface area (Å²) in [6.45, 7) is 1.76. The van der Waals surface area contributed by atoms with Crippen molar-refractivity contribution in [1.82, 2.24) is 15.4 Å². The van der Waals surface area contributed by atoms with E-state index in [1.807, 2.05) is 0 Å². The lowest BCUT2D eigenvalue weighted by Crippen LogP contribution is -2.18. The summed E-state index contributed by atoms with van der Waals surface area (Å²) in [5, 5.41) is 3.74. The number of imidazole rings is 1. The Balaban J connectivity index is 1.97. The number of carbonyl (C=O) groups excluding carboxylic acids is 1. The zero-order valence-corrected chi connectivity index (χ0v) is 8.60. The van der Waals surface area contributed by atoms with E-state index < -0.39 is 0 Å². The van der Waals surface area contributed by atoms with Crippen LogP contribution < -0.4 is 5.43 Å². The molecule has 1 amide bonds. The van der Waals surface area contributed by atoms with Crippen molar-refractivity contribution in [3.8, 4) is 0 Å². The Labute approximate surface area is 91.4 Å². The molecule has 0 saturated carbocycles. The molecule has 0 aliphatic rings. The van der Waals surface area contributed by atoms with E-state index in [-0.39, 0.29) is 5.91 Å². The monoisotopic (exact) mass is 218 g/mol. The number of nitrogens with zero attached hydrogens (tertiary/aromatic N) is 2. The van der Waals surface area contributed by atoms with E-state index in [0.29, 0.717) is 17.1 Å². The Bertz CT molecular complexity index is 499. The molecule has 2 N–H and O–H groups in total. The highest BCUT2D eigenvalue weighted by atomic mass is 16.3. The minimum atomic E-state index is -0.360. The Morgan fingerprint density at radius 3 is 3.19 bits per heavy atom. The summed E-state index contributed by atoms with van der Waals surface area (Å²) in [6, 6.07) is 3.47. The summed E-state index contributed by atoms with van der Waals surface area (Å²) in [7, 11) is 0. The first-order chi connectivity index (χ1) is 7.77. The maximum atomic E-state index is 11.5. The second-order valence-electron chi connectivity index (χ2n) is 3.09. The molecule has 2 heterocycles. The maximum Gasteiger partial charge on any atom is 0.291 e. The predicted molar refractivity (Wildman–Crippen MR) is 57.1 cm³/mol. The Hall–Kier alpha value is -2.37. The van der Waals surface area contributed by atoms with Crippen LogP contribution in [-0.2, 0) is 0 Å². The number of amides is 1. The van der Waals surface area contributed by atoms with Crippen LogP contribution in [0.5, 0.6) is 0 Å². The highest BCUT2D eigenvalue weighted by Gasteiger charge is 2.09. The number of rotatable bonds is 3. The molecule has 0 spiro atoms. The van der Waals surface area contributed by atoms with Crippen LogP contribution in [0.4, 0.5) is 0 Å². The Morgan fingerprint density at radius 2 is 2.56 bits per heavy atom. The molecule has 0 atom stereocenters. The number of hydrogen-bond donors (Lipinski definition) is 2. The molecule has 0 fully saturated rings. The normalized spacial score (nSPS) is 10.8. The fourth-order valence-corrected chi connectivity index (χ4v) is 1.16. The van der Waals surface area contributed by atoms with Gasteiger partial charge in [0.2, 0.25) is 0 Å². The minimum absolute atomic E-state index is 0.330. The number of hydrazone groups is 1. The van der Waals surface area contributed by atoms with Crippen molar-refractivity contribution in [2.24, 2.45) is 5.10 Å². The van der Waals surface area contributed by atoms with Crippen molar-refractivity contribution < 1.29 is 9.21 Å². The zero-order valence-electron chi connectivity index (χ0n) is 8.60. The average Bonchev–Trinajstić information content (AvgIpc) is 2.88. The van der Waals surface area contributed by atoms with E-state index in [1.54, 1.807) is 19.1 Å². The van der Waals surface area contributed by atoms with Gasteiger partial charge in [-0.1, -0.05) is 0 Å². The van der Waals surface area contributed by atoms with Crippen molar-refractivity contribution in [3.05, 3.63) is 41.9 Å². The summed E-state index contributed by atoms with van der Waals surface area (Å²) in [6.07, 6.45) is 4.40. The molecule has 0 radical (unpaired) electrons. The first-order valence-corrected chi connectivity index (χ1v) is 4.64. The lowest BCUT2D eigenvalue weighted by atomic mass is 10.3. The fourth-order valence-electron chi connectivity index (χ4n) is 1.16. The molecule has 6 heteroatoms. The van der Waals surface area contributed by atoms with Gasteiger partial charge in [0, 0.05) is 5.69 Å². The first kappa shape index (κ1) is 10.2. The van der Waals surface area contributed by atoms with E-state index in [1.165, 1.54) is 18.8 Å². The third-order valence-corrected chi connectivity index (χ3v) is 1.95. The number of aryl methyl sites for hydroxylation is 1. The molecule has 16 heavy (non-hydrogen) atoms. The number of aromatic amines is 1. The highest BCUT2D eigenvalue weighted by molar-refractivity contribution is 5.93. The molecule has 2 aromatic rings. The van der Waals surface area contributed by atoms with E-state index in [9.17, 15) is 4.79 Å². The molecular weight excluding hydrogens is 208 g/mol. The SMILES string of the molecule is Cc1[nH]cnc1C(=O)N/N=C/c1ccco1. The first-order valence-electron chi connectivity index (χ1n) is 4.64. The van der Waals surface area contributed by atoms with Crippen LogP contribution in [0.25, 0.3) is 0 Å². The number of furan rings is 1. The molecule has 2 rings (SSSR count). The summed E-state index contributed by atoms with van der Waals surface area (Å²) in [4.78, 5) is 18.2. The third-order valence-electron chi connectivity index (χ3n) is 1.95. The second kappa shape index (κ2) is 4.43. The van der Waals surface area contributed by atoms with Crippen molar-refractivity contribution in [2.45, 2.75) is 6.92 Å². The van der Waals surface area contributed by atoms with Gasteiger partial charge in [-0.25, -0.2) is 10.4 Å². The molecule has 0 aliphatic heterocycles. The van der Waals surface area contributed by atoms with E-state index >= 15 is 0 Å². The maximum absolute atomic E-state index is 11.5. The van der Waals surface area contributed by atoms with Crippen molar-refractivity contribution in [2.75, 3.05) is 0 Å². The molecule has 6 nitrogen and oxygen atoms in total. The standard InChI is InChI=1S/C10H10N4O2/c1-7-9(12-6-11-7)10(15)14-13-5-8-3-2-4-16-8/h2-6H,1H3,(H,11,12)(H,14,15)/b13-5+. The number of hydrogen-bond acceptors (Lipinski definition) is 4. The largest absolute Gasteiger partial charge is 0.463 e. The average molecular weight is 218 g/mol. The van der Waals surface area contributed by atoms with Crippen LogP contribution in [0, 0.1) is 6.92 Å². The van der Waals surface area contributed by atoms with Gasteiger partial charge in [0.15, 0.2) is 5.69 Å². The van der Waals surface area contributed by atoms with Gasteiger partial charge in [-0.3, -0.25) is 4.79 Å². The van der Waals surface area contributed by atoms with Gasteiger partial charge in [-0.15, -0.1) is 0 Å². The summed E-state index contributed by atoms with van der Waals surface area (Å²) < 4.78 is 5.01. The molecule has 2 aromatic heterocycles. The molecular formula is C10H10N4O2. The predicted octanol–water partition coefficient (Wildman–Crippen LogP) is 1.08. The fraction of sp³-hybridized carbons (Fsp3) is 0.100. The molecule has 0 saturated heterocycles.